The molecular weight excluding hydrogens is 472 g/mol. The summed E-state index contributed by atoms with van der Waals surface area (Å²) in [6, 6.07) is 18.9. The molecule has 0 saturated carbocycles. The van der Waals surface area contributed by atoms with Gasteiger partial charge in [0.1, 0.15) is 22.8 Å². The molecule has 0 bridgehead atoms. The molecule has 4 rings (SSSR count). The lowest BCUT2D eigenvalue weighted by atomic mass is 9.77. The summed E-state index contributed by atoms with van der Waals surface area (Å²) in [6.45, 7) is -0.133. The number of carboxylic acids is 1. The van der Waals surface area contributed by atoms with Crippen LogP contribution in [-0.2, 0) is 15.1 Å². The fraction of sp³-hybridized carbons (Fsp3) is 0.231. The van der Waals surface area contributed by atoms with Crippen molar-refractivity contribution < 1.29 is 28.9 Å². The maximum Gasteiger partial charge on any atom is 0.347 e. The van der Waals surface area contributed by atoms with Crippen LogP contribution in [0.15, 0.2) is 66.7 Å². The van der Waals surface area contributed by atoms with Crippen LogP contribution < -0.4 is 24.4 Å². The molecule has 0 aliphatic carbocycles. The number of carboxylic acid groups (broad SMARTS) is 1. The molecule has 0 radical (unpaired) electrons. The van der Waals surface area contributed by atoms with E-state index in [1.54, 1.807) is 67.7 Å². The van der Waals surface area contributed by atoms with Gasteiger partial charge in [-0.1, -0.05) is 48.0 Å². The Bertz CT molecular complexity index is 1230. The summed E-state index contributed by atoms with van der Waals surface area (Å²) >= 11 is 6.29. The summed E-state index contributed by atoms with van der Waals surface area (Å²) in [5.41, 5.74) is 0.163. The summed E-state index contributed by atoms with van der Waals surface area (Å²) in [7, 11) is 4.61. The van der Waals surface area contributed by atoms with Crippen molar-refractivity contribution in [3.8, 4) is 17.2 Å². The van der Waals surface area contributed by atoms with E-state index < -0.39 is 17.6 Å². The molecule has 3 aromatic carbocycles. The number of fused-ring (bicyclic) bond motifs is 1. The molecule has 0 saturated heterocycles. The van der Waals surface area contributed by atoms with Crippen molar-refractivity contribution in [1.29, 1.82) is 0 Å². The van der Waals surface area contributed by atoms with E-state index in [-0.39, 0.29) is 18.2 Å². The zero-order chi connectivity index (χ0) is 25.2. The van der Waals surface area contributed by atoms with Gasteiger partial charge in [-0.2, -0.15) is 0 Å². The van der Waals surface area contributed by atoms with E-state index in [2.05, 4.69) is 5.32 Å². The molecule has 0 unspecified atom stereocenters. The van der Waals surface area contributed by atoms with Crippen molar-refractivity contribution >= 4 is 29.2 Å². The summed E-state index contributed by atoms with van der Waals surface area (Å²) in [5, 5.41) is 14.2. The van der Waals surface area contributed by atoms with E-state index in [1.165, 1.54) is 19.1 Å². The summed E-state index contributed by atoms with van der Waals surface area (Å²) in [6.07, 6.45) is -1.50. The minimum absolute atomic E-state index is 0.133. The van der Waals surface area contributed by atoms with Gasteiger partial charge in [0.15, 0.2) is 0 Å². The number of rotatable bonds is 7. The number of halogens is 1. The van der Waals surface area contributed by atoms with Gasteiger partial charge in [0, 0.05) is 35.8 Å². The number of amides is 1. The normalized spacial score (nSPS) is 18.3. The van der Waals surface area contributed by atoms with Crippen LogP contribution in [0.5, 0.6) is 17.2 Å². The molecule has 9 heteroatoms. The molecule has 0 fully saturated rings. The number of nitrogens with one attached hydrogen (secondary N) is 1. The molecule has 182 valence electrons. The van der Waals surface area contributed by atoms with Gasteiger partial charge < -0.3 is 24.2 Å². The maximum absolute atomic E-state index is 12.9. The number of hydrogen-bond acceptors (Lipinski definition) is 6. The molecule has 2 atom stereocenters. The molecule has 35 heavy (non-hydrogen) atoms. The van der Waals surface area contributed by atoms with Crippen molar-refractivity contribution in [2.45, 2.75) is 11.6 Å². The lowest BCUT2D eigenvalue weighted by Gasteiger charge is -2.40. The molecule has 0 aromatic heterocycles. The first-order chi connectivity index (χ1) is 16.8. The highest BCUT2D eigenvalue weighted by Gasteiger charge is 2.51. The second kappa shape index (κ2) is 9.85. The largest absolute Gasteiger partial charge is 0.496 e. The number of carbonyl (C=O) groups excluding carboxylic acids is 1. The van der Waals surface area contributed by atoms with E-state index >= 15 is 0 Å². The molecule has 1 aliphatic heterocycles. The quantitative estimate of drug-likeness (QED) is 0.514. The second-order valence-corrected chi connectivity index (χ2v) is 8.46. The third kappa shape index (κ3) is 4.50. The SMILES string of the molecule is COc1cc(OC)cc(O[C@H](C(=O)O)[C@@]2(c3ccccc3)NCC(=O)N(C)c3cc(Cl)ccc32)c1. The molecule has 1 aliphatic rings. The van der Waals surface area contributed by atoms with Gasteiger partial charge >= 0.3 is 5.97 Å². The molecule has 2 N–H and O–H groups in total. The first kappa shape index (κ1) is 24.4. The Hall–Kier alpha value is -3.75. The van der Waals surface area contributed by atoms with E-state index in [0.29, 0.717) is 33.3 Å². The summed E-state index contributed by atoms with van der Waals surface area (Å²) < 4.78 is 16.8. The predicted octanol–water partition coefficient (Wildman–Crippen LogP) is 3.70. The van der Waals surface area contributed by atoms with Gasteiger partial charge in [0.05, 0.1) is 26.5 Å². The van der Waals surface area contributed by atoms with Crippen molar-refractivity contribution in [2.24, 2.45) is 0 Å². The van der Waals surface area contributed by atoms with Gasteiger partial charge in [-0.3, -0.25) is 10.1 Å². The van der Waals surface area contributed by atoms with Gasteiger partial charge in [-0.15, -0.1) is 0 Å². The highest BCUT2D eigenvalue weighted by molar-refractivity contribution is 6.31. The minimum atomic E-state index is -1.50. The molecule has 3 aromatic rings. The van der Waals surface area contributed by atoms with Crippen molar-refractivity contribution in [3.63, 3.8) is 0 Å². The highest BCUT2D eigenvalue weighted by Crippen LogP contribution is 2.43. The third-order valence-corrected chi connectivity index (χ3v) is 6.30. The number of methoxy groups -OCH3 is 2. The van der Waals surface area contributed by atoms with E-state index in [1.807, 2.05) is 6.07 Å². The lowest BCUT2D eigenvalue weighted by Crippen LogP contribution is -2.58. The lowest BCUT2D eigenvalue weighted by molar-refractivity contribution is -0.149. The standard InChI is InChI=1S/C26H25ClN2O6/c1-29-22-11-17(27)9-10-21(22)26(28-15-23(29)30,16-7-5-4-6-8-16)24(25(31)32)35-20-13-18(33-2)12-19(14-20)34-3/h4-14,24,28H,15H2,1-3H3,(H,31,32)/t24-,26+/m1/s1. The van der Waals surface area contributed by atoms with Gasteiger partial charge in [0.25, 0.3) is 0 Å². The first-order valence-electron chi connectivity index (χ1n) is 10.8. The van der Waals surface area contributed by atoms with Crippen LogP contribution in [0.3, 0.4) is 0 Å². The molecule has 1 amide bonds. The molecule has 1 heterocycles. The Morgan fingerprint density at radius 1 is 1.03 bits per heavy atom. The van der Waals surface area contributed by atoms with Crippen molar-refractivity contribution in [2.75, 3.05) is 32.7 Å². The van der Waals surface area contributed by atoms with Gasteiger partial charge in [-0.25, -0.2) is 4.79 Å². The first-order valence-corrected chi connectivity index (χ1v) is 11.2. The van der Waals surface area contributed by atoms with Crippen LogP contribution >= 0.6 is 11.6 Å². The number of nitrogens with zero attached hydrogens (tertiary/aromatic N) is 1. The van der Waals surface area contributed by atoms with E-state index in [4.69, 9.17) is 25.8 Å². The van der Waals surface area contributed by atoms with Crippen LogP contribution in [0.2, 0.25) is 5.02 Å². The Kier molecular flexibility index (Phi) is 6.86. The van der Waals surface area contributed by atoms with Crippen molar-refractivity contribution in [3.05, 3.63) is 82.9 Å². The monoisotopic (exact) mass is 496 g/mol. The number of hydrogen-bond donors (Lipinski definition) is 2. The number of ether oxygens (including phenoxy) is 3. The van der Waals surface area contributed by atoms with Crippen LogP contribution in [0.1, 0.15) is 11.1 Å². The average molecular weight is 497 g/mol. The second-order valence-electron chi connectivity index (χ2n) is 8.03. The Balaban J connectivity index is 1.98. The van der Waals surface area contributed by atoms with Crippen LogP contribution in [0, 0.1) is 0 Å². The highest BCUT2D eigenvalue weighted by atomic mass is 35.5. The minimum Gasteiger partial charge on any atom is -0.496 e. The van der Waals surface area contributed by atoms with Gasteiger partial charge in [0.2, 0.25) is 12.0 Å². The molecular formula is C26H25ClN2O6. The summed E-state index contributed by atoms with van der Waals surface area (Å²) in [4.78, 5) is 27.3. The zero-order valence-electron chi connectivity index (χ0n) is 19.4. The van der Waals surface area contributed by atoms with Gasteiger partial charge in [-0.05, 0) is 17.7 Å². The number of carbonyl (C=O) groups is 2. The Labute approximate surface area is 208 Å². The number of aliphatic carboxylic acids is 1. The third-order valence-electron chi connectivity index (χ3n) is 6.06. The fourth-order valence-electron chi connectivity index (χ4n) is 4.33. The van der Waals surface area contributed by atoms with E-state index in [0.717, 1.165) is 0 Å². The predicted molar refractivity (Wildman–Crippen MR) is 132 cm³/mol. The number of likely N-dealkylation sites (N-methyl/N-ethyl adjacent to an activating group) is 1. The Morgan fingerprint density at radius 2 is 1.66 bits per heavy atom. The van der Waals surface area contributed by atoms with Crippen LogP contribution in [0.4, 0.5) is 5.69 Å². The maximum atomic E-state index is 12.9. The molecule has 0 spiro atoms. The zero-order valence-corrected chi connectivity index (χ0v) is 20.2. The van der Waals surface area contributed by atoms with E-state index in [9.17, 15) is 14.7 Å². The Morgan fingerprint density at radius 3 is 2.26 bits per heavy atom. The van der Waals surface area contributed by atoms with Crippen LogP contribution in [0.25, 0.3) is 0 Å². The topological polar surface area (TPSA) is 97.3 Å². The average Bonchev–Trinajstić information content (AvgIpc) is 2.97. The fourth-order valence-corrected chi connectivity index (χ4v) is 4.50. The molecule has 8 nitrogen and oxygen atoms in total. The smallest absolute Gasteiger partial charge is 0.347 e. The number of anilines is 1. The van der Waals surface area contributed by atoms with Crippen molar-refractivity contribution in [1.82, 2.24) is 5.32 Å². The summed E-state index contributed by atoms with van der Waals surface area (Å²) in [5.74, 6) is -0.383. The number of benzene rings is 3. The van der Waals surface area contributed by atoms with Crippen LogP contribution in [-0.4, -0.2) is 50.9 Å².